The number of ether oxygens (including phenoxy) is 1. The molecule has 0 aliphatic rings. The van der Waals surface area contributed by atoms with Crippen LogP contribution in [0, 0.1) is 0 Å². The predicted molar refractivity (Wildman–Crippen MR) is 218 cm³/mol. The van der Waals surface area contributed by atoms with E-state index in [1.54, 1.807) is 20.8 Å². The van der Waals surface area contributed by atoms with Crippen LogP contribution in [0.5, 0.6) is 0 Å². The first kappa shape index (κ1) is 41.4. The number of nitrogens with two attached hydrogens (primary N) is 1. The zero-order valence-corrected chi connectivity index (χ0v) is 32.8. The van der Waals surface area contributed by atoms with Crippen molar-refractivity contribution in [3.8, 4) is 0 Å². The molecule has 0 aliphatic carbocycles. The molecule has 0 fully saturated rings. The van der Waals surface area contributed by atoms with Gasteiger partial charge in [-0.25, -0.2) is 4.79 Å². The van der Waals surface area contributed by atoms with Crippen LogP contribution in [0.3, 0.4) is 0 Å². The number of hydrogen-bond acceptors (Lipinski definition) is 8. The molecule has 280 valence electrons. The van der Waals surface area contributed by atoms with Gasteiger partial charge in [0.2, 0.25) is 17.7 Å². The summed E-state index contributed by atoms with van der Waals surface area (Å²) in [4.78, 5) is 54.8. The molecule has 0 spiro atoms. The Kier molecular flexibility index (Phi) is 15.7. The van der Waals surface area contributed by atoms with E-state index in [1.807, 2.05) is 121 Å². The van der Waals surface area contributed by atoms with Gasteiger partial charge in [0, 0.05) is 34.5 Å². The molecule has 0 bridgehead atoms. The molecule has 5 N–H and O–H groups in total. The van der Waals surface area contributed by atoms with E-state index in [-0.39, 0.29) is 23.9 Å². The molecule has 4 aromatic carbocycles. The van der Waals surface area contributed by atoms with E-state index >= 15 is 0 Å². The van der Waals surface area contributed by atoms with Crippen molar-refractivity contribution in [2.75, 3.05) is 17.3 Å². The highest BCUT2D eigenvalue weighted by molar-refractivity contribution is 7.99. The van der Waals surface area contributed by atoms with Gasteiger partial charge in [0.15, 0.2) is 0 Å². The van der Waals surface area contributed by atoms with Crippen molar-refractivity contribution in [2.45, 2.75) is 61.3 Å². The van der Waals surface area contributed by atoms with Crippen LogP contribution in [0.1, 0.15) is 43.0 Å². The number of carbonyl (C=O) groups is 4. The molecular formula is C41H48N4O5S3. The van der Waals surface area contributed by atoms with Crippen molar-refractivity contribution in [1.82, 2.24) is 16.0 Å². The van der Waals surface area contributed by atoms with E-state index in [0.717, 1.165) is 22.3 Å². The highest BCUT2D eigenvalue weighted by atomic mass is 32.2. The molecule has 0 radical (unpaired) electrons. The third kappa shape index (κ3) is 13.2. The minimum Gasteiger partial charge on any atom is -0.445 e. The Bertz CT molecular complexity index is 1770. The van der Waals surface area contributed by atoms with Crippen LogP contribution in [-0.4, -0.2) is 57.7 Å². The summed E-state index contributed by atoms with van der Waals surface area (Å²) in [6.45, 7) is 4.86. The van der Waals surface area contributed by atoms with Crippen LogP contribution in [0.4, 0.5) is 4.79 Å². The normalized spacial score (nSPS) is 14.4. The topological polar surface area (TPSA) is 140 Å². The number of benzene rings is 4. The Hall–Kier alpha value is -4.39. The van der Waals surface area contributed by atoms with E-state index in [1.165, 1.54) is 35.3 Å². The molecule has 0 aliphatic heterocycles. The van der Waals surface area contributed by atoms with Crippen LogP contribution >= 0.6 is 35.3 Å². The van der Waals surface area contributed by atoms with Gasteiger partial charge in [-0.15, -0.1) is 0 Å². The summed E-state index contributed by atoms with van der Waals surface area (Å²) >= 11 is 4.40. The van der Waals surface area contributed by atoms with Gasteiger partial charge in [0.25, 0.3) is 0 Å². The lowest BCUT2D eigenvalue weighted by Gasteiger charge is -2.38. The molecule has 0 saturated heterocycles. The lowest BCUT2D eigenvalue weighted by atomic mass is 9.96. The van der Waals surface area contributed by atoms with Crippen molar-refractivity contribution in [3.63, 3.8) is 0 Å². The van der Waals surface area contributed by atoms with E-state index in [2.05, 4.69) is 16.0 Å². The fraction of sp³-hybridized carbons (Fsp3) is 0.317. The summed E-state index contributed by atoms with van der Waals surface area (Å²) in [5.74, 6) is 0.502. The van der Waals surface area contributed by atoms with Crippen molar-refractivity contribution < 1.29 is 23.9 Å². The van der Waals surface area contributed by atoms with Gasteiger partial charge < -0.3 is 26.4 Å². The highest BCUT2D eigenvalue weighted by Crippen LogP contribution is 2.25. The summed E-state index contributed by atoms with van der Waals surface area (Å²) in [5, 5.41) is 8.66. The number of amides is 4. The molecule has 0 saturated carbocycles. The van der Waals surface area contributed by atoms with E-state index in [4.69, 9.17) is 10.5 Å². The summed E-state index contributed by atoms with van der Waals surface area (Å²) < 4.78 is 5.52. The number of hydrogen-bond donors (Lipinski definition) is 4. The third-order valence-electron chi connectivity index (χ3n) is 8.42. The zero-order chi connectivity index (χ0) is 38.2. The molecule has 0 heterocycles. The Labute approximate surface area is 325 Å². The standard InChI is InChI=1S/C41H48N4O5S3/c1-39(35(42)46,28-51-25-32-18-10-5-11-19-32)43-36(47)40(2,29-52-26-33-20-12-6-13-21-33)44-37(48)41(3,30-53-27-34-22-14-7-15-23-34)45-38(49)50-24-31-16-8-4-9-17-31/h4-23H,24-30H2,1-3H3,(H2,42,46)(H,43,47)(H,44,48)(H,45,49)/t39-,40-,41+/m0/s1. The third-order valence-corrected chi connectivity index (χ3v) is 12.4. The largest absolute Gasteiger partial charge is 0.445 e. The number of rotatable bonds is 20. The lowest BCUT2D eigenvalue weighted by molar-refractivity contribution is -0.137. The smallest absolute Gasteiger partial charge is 0.408 e. The van der Waals surface area contributed by atoms with Crippen molar-refractivity contribution in [3.05, 3.63) is 144 Å². The number of alkyl carbamates (subject to hydrolysis) is 1. The minimum absolute atomic E-state index is 0.0196. The van der Waals surface area contributed by atoms with Crippen molar-refractivity contribution in [1.29, 1.82) is 0 Å². The highest BCUT2D eigenvalue weighted by Gasteiger charge is 2.45. The summed E-state index contributed by atoms with van der Waals surface area (Å²) in [6, 6.07) is 38.6. The zero-order valence-electron chi connectivity index (χ0n) is 30.3. The molecule has 0 aromatic heterocycles. The maximum Gasteiger partial charge on any atom is 0.408 e. The molecule has 4 amide bonds. The lowest BCUT2D eigenvalue weighted by Crippen LogP contribution is -2.69. The van der Waals surface area contributed by atoms with E-state index in [0.29, 0.717) is 17.3 Å². The van der Waals surface area contributed by atoms with Crippen LogP contribution < -0.4 is 21.7 Å². The van der Waals surface area contributed by atoms with Crippen LogP contribution in [-0.2, 0) is 43.0 Å². The van der Waals surface area contributed by atoms with Crippen molar-refractivity contribution >= 4 is 59.1 Å². The average Bonchev–Trinajstić information content (AvgIpc) is 3.15. The van der Waals surface area contributed by atoms with Crippen LogP contribution in [0.15, 0.2) is 121 Å². The molecular weight excluding hydrogens is 725 g/mol. The first-order valence-corrected chi connectivity index (χ1v) is 20.7. The quantitative estimate of drug-likeness (QED) is 0.0778. The van der Waals surface area contributed by atoms with E-state index < -0.39 is 40.4 Å². The predicted octanol–water partition coefficient (Wildman–Crippen LogP) is 6.71. The fourth-order valence-corrected chi connectivity index (χ4v) is 8.53. The van der Waals surface area contributed by atoms with Gasteiger partial charge in [-0.05, 0) is 43.0 Å². The summed E-state index contributed by atoms with van der Waals surface area (Å²) in [5.41, 5.74) is 5.46. The molecule has 0 unspecified atom stereocenters. The van der Waals surface area contributed by atoms with Crippen LogP contribution in [0.25, 0.3) is 0 Å². The number of primary amides is 1. The number of nitrogens with one attached hydrogen (secondary N) is 3. The number of carbonyl (C=O) groups excluding carboxylic acids is 4. The molecule has 12 heteroatoms. The molecule has 4 rings (SSSR count). The maximum absolute atomic E-state index is 14.4. The molecule has 53 heavy (non-hydrogen) atoms. The SMILES string of the molecule is C[C@](CSCc1ccccc1)(NC(=O)OCc1ccccc1)C(=O)N[C@@](C)(CSCc1ccccc1)C(=O)N[C@@](C)(CSCc1ccccc1)C(N)=O. The Balaban J connectivity index is 1.54. The average molecular weight is 773 g/mol. The minimum atomic E-state index is -1.52. The summed E-state index contributed by atoms with van der Waals surface area (Å²) in [6.07, 6.45) is -0.770. The van der Waals surface area contributed by atoms with E-state index in [9.17, 15) is 19.2 Å². The Morgan fingerprint density at radius 2 is 0.830 bits per heavy atom. The van der Waals surface area contributed by atoms with Gasteiger partial charge in [-0.1, -0.05) is 121 Å². The van der Waals surface area contributed by atoms with Gasteiger partial charge >= 0.3 is 6.09 Å². The second-order valence-electron chi connectivity index (χ2n) is 13.4. The van der Waals surface area contributed by atoms with Gasteiger partial charge in [0.1, 0.15) is 23.2 Å². The van der Waals surface area contributed by atoms with Gasteiger partial charge in [-0.2, -0.15) is 35.3 Å². The second-order valence-corrected chi connectivity index (χ2v) is 16.3. The van der Waals surface area contributed by atoms with Gasteiger partial charge in [-0.3, -0.25) is 14.4 Å². The number of thioether (sulfide) groups is 3. The maximum atomic E-state index is 14.4. The molecule has 3 atom stereocenters. The molecule has 4 aromatic rings. The monoisotopic (exact) mass is 772 g/mol. The fourth-order valence-electron chi connectivity index (χ4n) is 5.09. The first-order chi connectivity index (χ1) is 25.4. The Morgan fingerprint density at radius 3 is 1.21 bits per heavy atom. The van der Waals surface area contributed by atoms with Crippen LogP contribution in [0.2, 0.25) is 0 Å². The summed E-state index contributed by atoms with van der Waals surface area (Å²) in [7, 11) is 0. The second kappa shape index (κ2) is 20.2. The molecule has 9 nitrogen and oxygen atoms in total. The van der Waals surface area contributed by atoms with Crippen molar-refractivity contribution in [2.24, 2.45) is 5.73 Å². The van der Waals surface area contributed by atoms with Gasteiger partial charge in [0.05, 0.1) is 0 Å². The Morgan fingerprint density at radius 1 is 0.509 bits per heavy atom. The first-order valence-electron chi connectivity index (χ1n) is 17.2.